The van der Waals surface area contributed by atoms with E-state index in [9.17, 15) is 14.4 Å². The SMILES string of the molecule is NC(=O)c1cccc(OCC(=O)NCC(=O)N2CCN(c3ccccc3)CC2)c1. The second kappa shape index (κ2) is 9.59. The largest absolute Gasteiger partial charge is 0.484 e. The number of nitrogens with zero attached hydrogens (tertiary/aromatic N) is 2. The molecular weight excluding hydrogens is 372 g/mol. The Labute approximate surface area is 169 Å². The maximum absolute atomic E-state index is 12.3. The number of carbonyl (C=O) groups excluding carboxylic acids is 3. The molecule has 3 rings (SSSR count). The van der Waals surface area contributed by atoms with Crippen molar-refractivity contribution >= 4 is 23.4 Å². The number of primary amides is 1. The minimum atomic E-state index is -0.571. The first kappa shape index (κ1) is 20.2. The maximum Gasteiger partial charge on any atom is 0.258 e. The van der Waals surface area contributed by atoms with Gasteiger partial charge in [0.2, 0.25) is 11.8 Å². The zero-order valence-corrected chi connectivity index (χ0v) is 16.0. The third kappa shape index (κ3) is 5.71. The number of rotatable bonds is 7. The summed E-state index contributed by atoms with van der Waals surface area (Å²) in [6.07, 6.45) is 0. The van der Waals surface area contributed by atoms with Crippen molar-refractivity contribution in [3.63, 3.8) is 0 Å². The van der Waals surface area contributed by atoms with Crippen LogP contribution in [0, 0.1) is 0 Å². The highest BCUT2D eigenvalue weighted by molar-refractivity contribution is 5.93. The smallest absolute Gasteiger partial charge is 0.258 e. The van der Waals surface area contributed by atoms with Crippen molar-refractivity contribution in [3.05, 3.63) is 60.2 Å². The van der Waals surface area contributed by atoms with E-state index in [1.165, 1.54) is 6.07 Å². The van der Waals surface area contributed by atoms with Crippen LogP contribution >= 0.6 is 0 Å². The van der Waals surface area contributed by atoms with E-state index in [1.54, 1.807) is 23.1 Å². The van der Waals surface area contributed by atoms with Crippen LogP contribution in [0.3, 0.4) is 0 Å². The van der Waals surface area contributed by atoms with Crippen molar-refractivity contribution in [2.75, 3.05) is 44.2 Å². The summed E-state index contributed by atoms with van der Waals surface area (Å²) in [6.45, 7) is 2.40. The second-order valence-electron chi connectivity index (χ2n) is 6.66. The molecule has 0 bridgehead atoms. The molecular formula is C21H24N4O4. The monoisotopic (exact) mass is 396 g/mol. The molecule has 0 saturated carbocycles. The number of nitrogens with one attached hydrogen (secondary N) is 1. The number of anilines is 1. The van der Waals surface area contributed by atoms with E-state index < -0.39 is 11.8 Å². The standard InChI is InChI=1S/C21H24N4O4/c22-21(28)16-5-4-8-18(13-16)29-15-19(26)23-14-20(27)25-11-9-24(10-12-25)17-6-2-1-3-7-17/h1-8,13H,9-12,14-15H2,(H2,22,28)(H,23,26). The lowest BCUT2D eigenvalue weighted by Gasteiger charge is -2.36. The van der Waals surface area contributed by atoms with Gasteiger partial charge in [-0.25, -0.2) is 0 Å². The number of benzene rings is 2. The summed E-state index contributed by atoms with van der Waals surface area (Å²) in [5.74, 6) is -0.745. The number of para-hydroxylation sites is 1. The first-order chi connectivity index (χ1) is 14.0. The Morgan fingerprint density at radius 3 is 2.38 bits per heavy atom. The van der Waals surface area contributed by atoms with Crippen LogP contribution in [0.1, 0.15) is 10.4 Å². The summed E-state index contributed by atoms with van der Waals surface area (Å²) in [5.41, 5.74) is 6.66. The van der Waals surface area contributed by atoms with Gasteiger partial charge in [0.1, 0.15) is 5.75 Å². The van der Waals surface area contributed by atoms with Crippen LogP contribution in [-0.4, -0.2) is 62.0 Å². The number of amides is 3. The van der Waals surface area contributed by atoms with Gasteiger partial charge in [0.05, 0.1) is 6.54 Å². The van der Waals surface area contributed by atoms with Gasteiger partial charge >= 0.3 is 0 Å². The van der Waals surface area contributed by atoms with Crippen molar-refractivity contribution < 1.29 is 19.1 Å². The molecule has 8 heteroatoms. The lowest BCUT2D eigenvalue weighted by atomic mass is 10.2. The average Bonchev–Trinajstić information content (AvgIpc) is 2.77. The summed E-state index contributed by atoms with van der Waals surface area (Å²) >= 11 is 0. The summed E-state index contributed by atoms with van der Waals surface area (Å²) < 4.78 is 5.35. The summed E-state index contributed by atoms with van der Waals surface area (Å²) in [4.78, 5) is 39.4. The van der Waals surface area contributed by atoms with E-state index in [4.69, 9.17) is 10.5 Å². The van der Waals surface area contributed by atoms with Gasteiger partial charge in [0, 0.05) is 37.4 Å². The summed E-state index contributed by atoms with van der Waals surface area (Å²) in [6, 6.07) is 16.3. The molecule has 1 fully saturated rings. The lowest BCUT2D eigenvalue weighted by molar-refractivity contribution is -0.133. The third-order valence-electron chi connectivity index (χ3n) is 4.68. The Morgan fingerprint density at radius 2 is 1.69 bits per heavy atom. The molecule has 2 aromatic carbocycles. The number of hydrogen-bond donors (Lipinski definition) is 2. The quantitative estimate of drug-likeness (QED) is 0.714. The zero-order valence-electron chi connectivity index (χ0n) is 16.0. The van der Waals surface area contributed by atoms with Gasteiger partial charge in [-0.15, -0.1) is 0 Å². The van der Waals surface area contributed by atoms with Crippen LogP contribution < -0.4 is 20.7 Å². The van der Waals surface area contributed by atoms with E-state index in [0.717, 1.165) is 18.8 Å². The second-order valence-corrected chi connectivity index (χ2v) is 6.66. The topological polar surface area (TPSA) is 105 Å². The fraction of sp³-hybridized carbons (Fsp3) is 0.286. The van der Waals surface area contributed by atoms with E-state index >= 15 is 0 Å². The Morgan fingerprint density at radius 1 is 0.966 bits per heavy atom. The highest BCUT2D eigenvalue weighted by Gasteiger charge is 2.21. The van der Waals surface area contributed by atoms with E-state index in [0.29, 0.717) is 24.4 Å². The van der Waals surface area contributed by atoms with Crippen molar-refractivity contribution in [3.8, 4) is 5.75 Å². The first-order valence-corrected chi connectivity index (χ1v) is 9.40. The van der Waals surface area contributed by atoms with Crippen LogP contribution in [-0.2, 0) is 9.59 Å². The number of nitrogens with two attached hydrogens (primary N) is 1. The Kier molecular flexibility index (Phi) is 6.67. The molecule has 0 radical (unpaired) electrons. The van der Waals surface area contributed by atoms with Crippen LogP contribution in [0.15, 0.2) is 54.6 Å². The average molecular weight is 396 g/mol. The third-order valence-corrected chi connectivity index (χ3v) is 4.68. The predicted octanol–water partition coefficient (Wildman–Crippen LogP) is 0.629. The fourth-order valence-corrected chi connectivity index (χ4v) is 3.08. The Bertz CT molecular complexity index is 864. The zero-order chi connectivity index (χ0) is 20.6. The van der Waals surface area contributed by atoms with Crippen LogP contribution in [0.5, 0.6) is 5.75 Å². The molecule has 29 heavy (non-hydrogen) atoms. The van der Waals surface area contributed by atoms with Gasteiger partial charge in [-0.1, -0.05) is 24.3 Å². The summed E-state index contributed by atoms with van der Waals surface area (Å²) in [7, 11) is 0. The number of ether oxygens (including phenoxy) is 1. The maximum atomic E-state index is 12.3. The van der Waals surface area contributed by atoms with E-state index in [2.05, 4.69) is 22.3 Å². The molecule has 152 valence electrons. The lowest BCUT2D eigenvalue weighted by Crippen LogP contribution is -2.51. The minimum Gasteiger partial charge on any atom is -0.484 e. The van der Waals surface area contributed by atoms with Gasteiger partial charge < -0.3 is 25.6 Å². The van der Waals surface area contributed by atoms with Crippen LogP contribution in [0.25, 0.3) is 0 Å². The molecule has 3 amide bonds. The number of piperazine rings is 1. The molecule has 1 heterocycles. The first-order valence-electron chi connectivity index (χ1n) is 9.40. The number of carbonyl (C=O) groups is 3. The minimum absolute atomic E-state index is 0.0745. The molecule has 1 aliphatic heterocycles. The molecule has 1 saturated heterocycles. The Balaban J connectivity index is 1.39. The Hall–Kier alpha value is -3.55. The van der Waals surface area contributed by atoms with Crippen LogP contribution in [0.4, 0.5) is 5.69 Å². The van der Waals surface area contributed by atoms with Crippen molar-refractivity contribution in [1.82, 2.24) is 10.2 Å². The molecule has 3 N–H and O–H groups in total. The van der Waals surface area contributed by atoms with E-state index in [-0.39, 0.29) is 19.1 Å². The predicted molar refractivity (Wildman–Crippen MR) is 109 cm³/mol. The molecule has 1 aliphatic rings. The fourth-order valence-electron chi connectivity index (χ4n) is 3.08. The van der Waals surface area contributed by atoms with Crippen molar-refractivity contribution in [2.24, 2.45) is 5.73 Å². The normalized spacial score (nSPS) is 13.7. The van der Waals surface area contributed by atoms with Gasteiger partial charge in [-0.3, -0.25) is 14.4 Å². The molecule has 0 spiro atoms. The van der Waals surface area contributed by atoms with Gasteiger partial charge in [-0.2, -0.15) is 0 Å². The van der Waals surface area contributed by atoms with Gasteiger partial charge in [-0.05, 0) is 30.3 Å². The molecule has 0 unspecified atom stereocenters. The molecule has 0 aromatic heterocycles. The van der Waals surface area contributed by atoms with Gasteiger partial charge in [0.25, 0.3) is 5.91 Å². The highest BCUT2D eigenvalue weighted by Crippen LogP contribution is 2.15. The van der Waals surface area contributed by atoms with Crippen molar-refractivity contribution in [2.45, 2.75) is 0 Å². The van der Waals surface area contributed by atoms with E-state index in [1.807, 2.05) is 18.2 Å². The number of hydrogen-bond acceptors (Lipinski definition) is 5. The van der Waals surface area contributed by atoms with Crippen LogP contribution in [0.2, 0.25) is 0 Å². The molecule has 8 nitrogen and oxygen atoms in total. The summed E-state index contributed by atoms with van der Waals surface area (Å²) in [5, 5.41) is 2.57. The highest BCUT2D eigenvalue weighted by atomic mass is 16.5. The molecule has 2 aromatic rings. The van der Waals surface area contributed by atoms with Gasteiger partial charge in [0.15, 0.2) is 6.61 Å². The molecule has 0 aliphatic carbocycles. The molecule has 0 atom stereocenters. The van der Waals surface area contributed by atoms with Crippen molar-refractivity contribution in [1.29, 1.82) is 0 Å².